The van der Waals surface area contributed by atoms with E-state index in [0.29, 0.717) is 32.6 Å². The van der Waals surface area contributed by atoms with Crippen LogP contribution in [-0.2, 0) is 11.0 Å². The molecule has 9 heteroatoms. The predicted octanol–water partition coefficient (Wildman–Crippen LogP) is 0.493. The Bertz CT molecular complexity index is 508. The van der Waals surface area contributed by atoms with Crippen molar-refractivity contribution in [2.24, 2.45) is 5.73 Å². The van der Waals surface area contributed by atoms with Crippen molar-refractivity contribution in [3.05, 3.63) is 18.0 Å². The van der Waals surface area contributed by atoms with Gasteiger partial charge in [0.2, 0.25) is 11.9 Å². The highest BCUT2D eigenvalue weighted by molar-refractivity contribution is 5.75. The molecule has 0 bridgehead atoms. The van der Waals surface area contributed by atoms with E-state index in [4.69, 9.17) is 5.73 Å². The first kappa shape index (κ1) is 15.5. The van der Waals surface area contributed by atoms with Crippen LogP contribution in [0, 0.1) is 0 Å². The third-order valence-corrected chi connectivity index (χ3v) is 3.18. The van der Waals surface area contributed by atoms with Crippen molar-refractivity contribution >= 4 is 11.9 Å². The summed E-state index contributed by atoms with van der Waals surface area (Å²) in [5.41, 5.74) is 4.19. The number of halogens is 3. The highest BCUT2D eigenvalue weighted by atomic mass is 19.4. The monoisotopic (exact) mass is 303 g/mol. The number of carbonyl (C=O) groups excluding carboxylic acids is 1. The van der Waals surface area contributed by atoms with E-state index in [1.165, 1.54) is 0 Å². The molecule has 21 heavy (non-hydrogen) atoms. The zero-order valence-corrected chi connectivity index (χ0v) is 11.3. The maximum Gasteiger partial charge on any atom is 0.433 e. The van der Waals surface area contributed by atoms with Crippen LogP contribution in [-0.4, -0.2) is 53.5 Å². The molecule has 1 aromatic heterocycles. The fourth-order valence-corrected chi connectivity index (χ4v) is 2.21. The van der Waals surface area contributed by atoms with E-state index >= 15 is 0 Å². The number of aromatic nitrogens is 2. The molecule has 2 heterocycles. The van der Waals surface area contributed by atoms with Crippen LogP contribution in [0.4, 0.5) is 19.1 Å². The largest absolute Gasteiger partial charge is 0.433 e. The number of nitrogens with zero attached hydrogens (tertiary/aromatic N) is 4. The molecule has 2 N–H and O–H groups in total. The van der Waals surface area contributed by atoms with Gasteiger partial charge >= 0.3 is 6.18 Å². The molecule has 0 saturated carbocycles. The summed E-state index contributed by atoms with van der Waals surface area (Å²) in [6, 6.07) is 0.848. The lowest BCUT2D eigenvalue weighted by atomic mass is 10.3. The zero-order chi connectivity index (χ0) is 15.5. The Morgan fingerprint density at radius 2 is 2.05 bits per heavy atom. The maximum atomic E-state index is 12.7. The Morgan fingerprint density at radius 3 is 2.71 bits per heavy atom. The van der Waals surface area contributed by atoms with E-state index in [1.807, 2.05) is 4.90 Å². The van der Waals surface area contributed by atoms with Crippen LogP contribution >= 0.6 is 0 Å². The van der Waals surface area contributed by atoms with Crippen molar-refractivity contribution in [3.63, 3.8) is 0 Å². The quantitative estimate of drug-likeness (QED) is 0.880. The minimum Gasteiger partial charge on any atom is -0.369 e. The molecule has 1 amide bonds. The van der Waals surface area contributed by atoms with Crippen molar-refractivity contribution in [1.82, 2.24) is 14.9 Å². The van der Waals surface area contributed by atoms with Gasteiger partial charge in [0.25, 0.3) is 0 Å². The Labute approximate surface area is 119 Å². The highest BCUT2D eigenvalue weighted by Crippen LogP contribution is 2.28. The smallest absolute Gasteiger partial charge is 0.369 e. The average molecular weight is 303 g/mol. The molecule has 0 radical (unpaired) electrons. The fourth-order valence-electron chi connectivity index (χ4n) is 2.21. The number of hydrogen-bond acceptors (Lipinski definition) is 5. The summed E-state index contributed by atoms with van der Waals surface area (Å²) in [6.07, 6.45) is -2.67. The van der Waals surface area contributed by atoms with Crippen LogP contribution in [0.15, 0.2) is 12.3 Å². The number of anilines is 1. The number of primary amides is 1. The van der Waals surface area contributed by atoms with Gasteiger partial charge in [0.05, 0.1) is 6.54 Å². The van der Waals surface area contributed by atoms with Gasteiger partial charge in [-0.05, 0) is 12.5 Å². The lowest BCUT2D eigenvalue weighted by molar-refractivity contribution is -0.141. The Hall–Kier alpha value is -1.90. The van der Waals surface area contributed by atoms with E-state index in [2.05, 4.69) is 9.97 Å². The van der Waals surface area contributed by atoms with E-state index < -0.39 is 17.8 Å². The van der Waals surface area contributed by atoms with Gasteiger partial charge in [-0.15, -0.1) is 0 Å². The summed E-state index contributed by atoms with van der Waals surface area (Å²) < 4.78 is 38.0. The Balaban J connectivity index is 2.07. The molecule has 1 aromatic rings. The standard InChI is InChI=1S/C12H16F3N5O/c13-12(14,15)9-2-3-17-11(18-9)20-5-1-4-19(6-7-20)8-10(16)21/h2-3H,1,4-8H2,(H2,16,21). The maximum absolute atomic E-state index is 12.7. The first-order chi connectivity index (χ1) is 9.86. The van der Waals surface area contributed by atoms with Crippen LogP contribution in [0.1, 0.15) is 12.1 Å². The number of nitrogens with two attached hydrogens (primary N) is 1. The van der Waals surface area contributed by atoms with Crippen molar-refractivity contribution in [1.29, 1.82) is 0 Å². The van der Waals surface area contributed by atoms with Gasteiger partial charge in [-0.2, -0.15) is 13.2 Å². The number of hydrogen-bond donors (Lipinski definition) is 1. The molecule has 6 nitrogen and oxygen atoms in total. The fraction of sp³-hybridized carbons (Fsp3) is 0.583. The lowest BCUT2D eigenvalue weighted by Crippen LogP contribution is -2.37. The predicted molar refractivity (Wildman–Crippen MR) is 69.5 cm³/mol. The van der Waals surface area contributed by atoms with Crippen LogP contribution in [0.25, 0.3) is 0 Å². The van der Waals surface area contributed by atoms with Crippen LogP contribution in [0.5, 0.6) is 0 Å². The molecule has 0 aromatic carbocycles. The van der Waals surface area contributed by atoms with Gasteiger partial charge in [0.1, 0.15) is 5.69 Å². The van der Waals surface area contributed by atoms with Gasteiger partial charge in [-0.1, -0.05) is 0 Å². The molecule has 0 atom stereocenters. The summed E-state index contributed by atoms with van der Waals surface area (Å²) in [5.74, 6) is -0.357. The summed E-state index contributed by atoms with van der Waals surface area (Å²) >= 11 is 0. The third-order valence-electron chi connectivity index (χ3n) is 3.18. The normalized spacial score (nSPS) is 17.6. The zero-order valence-electron chi connectivity index (χ0n) is 11.3. The van der Waals surface area contributed by atoms with Gasteiger partial charge in [-0.25, -0.2) is 9.97 Å². The SMILES string of the molecule is NC(=O)CN1CCCN(c2nccc(C(F)(F)F)n2)CC1. The van der Waals surface area contributed by atoms with Gasteiger partial charge in [-0.3, -0.25) is 9.69 Å². The number of rotatable bonds is 3. The van der Waals surface area contributed by atoms with Gasteiger partial charge in [0, 0.05) is 32.4 Å². The molecular formula is C12H16F3N5O. The summed E-state index contributed by atoms with van der Waals surface area (Å²) in [6.45, 7) is 2.34. The molecule has 0 unspecified atom stereocenters. The molecule has 1 aliphatic heterocycles. The second-order valence-corrected chi connectivity index (χ2v) is 4.82. The van der Waals surface area contributed by atoms with Gasteiger partial charge in [0.15, 0.2) is 0 Å². The molecule has 2 rings (SSSR count). The molecule has 0 spiro atoms. The Kier molecular flexibility index (Phi) is 4.61. The second kappa shape index (κ2) is 6.25. The van der Waals surface area contributed by atoms with Crippen molar-refractivity contribution in [2.45, 2.75) is 12.6 Å². The summed E-state index contributed by atoms with van der Waals surface area (Å²) in [4.78, 5) is 21.9. The molecular weight excluding hydrogens is 287 g/mol. The second-order valence-electron chi connectivity index (χ2n) is 4.82. The molecule has 116 valence electrons. The van der Waals surface area contributed by atoms with Crippen LogP contribution in [0.2, 0.25) is 0 Å². The molecule has 0 aliphatic carbocycles. The van der Waals surface area contributed by atoms with Gasteiger partial charge < -0.3 is 10.6 Å². The number of amides is 1. The average Bonchev–Trinajstić information content (AvgIpc) is 2.63. The van der Waals surface area contributed by atoms with Crippen molar-refractivity contribution in [2.75, 3.05) is 37.6 Å². The lowest BCUT2D eigenvalue weighted by Gasteiger charge is -2.21. The van der Waals surface area contributed by atoms with E-state index in [9.17, 15) is 18.0 Å². The first-order valence-corrected chi connectivity index (χ1v) is 6.52. The summed E-state index contributed by atoms with van der Waals surface area (Å²) in [5, 5.41) is 0. The minimum atomic E-state index is -4.48. The molecule has 1 fully saturated rings. The van der Waals surface area contributed by atoms with Crippen molar-refractivity contribution in [3.8, 4) is 0 Å². The molecule has 1 aliphatic rings. The Morgan fingerprint density at radius 1 is 1.29 bits per heavy atom. The van der Waals surface area contributed by atoms with Crippen molar-refractivity contribution < 1.29 is 18.0 Å². The van der Waals surface area contributed by atoms with E-state index in [1.54, 1.807) is 4.90 Å². The van der Waals surface area contributed by atoms with E-state index in [-0.39, 0.29) is 12.5 Å². The third kappa shape index (κ3) is 4.28. The van der Waals surface area contributed by atoms with Crippen LogP contribution < -0.4 is 10.6 Å². The number of carbonyl (C=O) groups is 1. The topological polar surface area (TPSA) is 75.4 Å². The molecule has 1 saturated heterocycles. The minimum absolute atomic E-state index is 0.0609. The first-order valence-electron chi connectivity index (χ1n) is 6.52. The van der Waals surface area contributed by atoms with Crippen LogP contribution in [0.3, 0.4) is 0 Å². The summed E-state index contributed by atoms with van der Waals surface area (Å²) in [7, 11) is 0. The highest BCUT2D eigenvalue weighted by Gasteiger charge is 2.33. The number of alkyl halides is 3. The van der Waals surface area contributed by atoms with E-state index in [0.717, 1.165) is 12.3 Å².